The molecular weight excluding hydrogens is 280 g/mol. The van der Waals surface area contributed by atoms with Gasteiger partial charge in [-0.2, -0.15) is 0 Å². The second-order valence-electron chi connectivity index (χ2n) is 5.09. The molecule has 0 aromatic rings. The number of carbonyl (C=O) groups is 3. The van der Waals surface area contributed by atoms with Gasteiger partial charge < -0.3 is 24.4 Å². The summed E-state index contributed by atoms with van der Waals surface area (Å²) in [6.07, 6.45) is 0.710. The average molecular weight is 300 g/mol. The molecule has 1 heterocycles. The molecule has 1 aliphatic heterocycles. The number of ether oxygens (including phenoxy) is 2. The van der Waals surface area contributed by atoms with Crippen molar-refractivity contribution in [1.82, 2.24) is 9.80 Å². The van der Waals surface area contributed by atoms with Gasteiger partial charge in [0.15, 0.2) is 6.10 Å². The molecule has 2 amide bonds. The predicted octanol–water partition coefficient (Wildman–Crippen LogP) is -0.0807. The van der Waals surface area contributed by atoms with E-state index in [1.807, 2.05) is 0 Å². The van der Waals surface area contributed by atoms with Gasteiger partial charge in [0.1, 0.15) is 6.54 Å². The Hall–Kier alpha value is -1.83. The molecule has 1 aliphatic carbocycles. The van der Waals surface area contributed by atoms with Crippen molar-refractivity contribution in [2.75, 3.05) is 32.8 Å². The predicted molar refractivity (Wildman–Crippen MR) is 70.7 cm³/mol. The second kappa shape index (κ2) is 6.75. The van der Waals surface area contributed by atoms with E-state index in [1.165, 1.54) is 9.80 Å². The van der Waals surface area contributed by atoms with Gasteiger partial charge in [-0.25, -0.2) is 9.59 Å². The van der Waals surface area contributed by atoms with Crippen molar-refractivity contribution in [3.63, 3.8) is 0 Å². The fourth-order valence-corrected chi connectivity index (χ4v) is 2.24. The maximum atomic E-state index is 12.5. The van der Waals surface area contributed by atoms with Crippen LogP contribution in [0.15, 0.2) is 0 Å². The van der Waals surface area contributed by atoms with Crippen LogP contribution in [0.2, 0.25) is 0 Å². The van der Waals surface area contributed by atoms with Crippen LogP contribution in [0, 0.1) is 0 Å². The SMILES string of the molecule is CCOC(=O)CN(C(=O)N1CCOC(C(=O)O)C1)C1CC1. The normalized spacial score (nSPS) is 21.8. The lowest BCUT2D eigenvalue weighted by Gasteiger charge is -2.34. The fourth-order valence-electron chi connectivity index (χ4n) is 2.24. The van der Waals surface area contributed by atoms with Crippen molar-refractivity contribution in [3.05, 3.63) is 0 Å². The summed E-state index contributed by atoms with van der Waals surface area (Å²) >= 11 is 0. The summed E-state index contributed by atoms with van der Waals surface area (Å²) in [5.41, 5.74) is 0. The van der Waals surface area contributed by atoms with Crippen LogP contribution in [-0.4, -0.2) is 77.9 Å². The maximum Gasteiger partial charge on any atom is 0.334 e. The van der Waals surface area contributed by atoms with Gasteiger partial charge in [-0.05, 0) is 19.8 Å². The van der Waals surface area contributed by atoms with Gasteiger partial charge in [-0.1, -0.05) is 0 Å². The highest BCUT2D eigenvalue weighted by atomic mass is 16.5. The van der Waals surface area contributed by atoms with Crippen LogP contribution in [0.3, 0.4) is 0 Å². The number of carboxylic acid groups (broad SMARTS) is 1. The number of aliphatic carboxylic acids is 1. The molecule has 2 rings (SSSR count). The molecule has 118 valence electrons. The van der Waals surface area contributed by atoms with Crippen LogP contribution in [0.25, 0.3) is 0 Å². The smallest absolute Gasteiger partial charge is 0.334 e. The second-order valence-corrected chi connectivity index (χ2v) is 5.09. The zero-order chi connectivity index (χ0) is 15.4. The standard InChI is InChI=1S/C13H20N2O6/c1-2-20-11(16)8-15(9-3-4-9)13(19)14-5-6-21-10(7-14)12(17)18/h9-10H,2-8H2,1H3,(H,17,18). The number of carboxylic acids is 1. The topological polar surface area (TPSA) is 96.4 Å². The van der Waals surface area contributed by atoms with E-state index >= 15 is 0 Å². The van der Waals surface area contributed by atoms with Crippen LogP contribution in [0.5, 0.6) is 0 Å². The summed E-state index contributed by atoms with van der Waals surface area (Å²) in [5.74, 6) is -1.53. The van der Waals surface area contributed by atoms with E-state index in [4.69, 9.17) is 14.6 Å². The Morgan fingerprint density at radius 3 is 2.67 bits per heavy atom. The van der Waals surface area contributed by atoms with E-state index in [0.717, 1.165) is 12.8 Å². The number of hydrogen-bond donors (Lipinski definition) is 1. The third-order valence-corrected chi connectivity index (χ3v) is 3.45. The Kier molecular flexibility index (Phi) is 5.00. The highest BCUT2D eigenvalue weighted by molar-refractivity contribution is 5.82. The highest BCUT2D eigenvalue weighted by Crippen LogP contribution is 2.28. The molecule has 0 spiro atoms. The molecular formula is C13H20N2O6. The molecule has 0 aromatic carbocycles. The molecule has 0 aromatic heterocycles. The van der Waals surface area contributed by atoms with Crippen molar-refractivity contribution < 1.29 is 29.0 Å². The third-order valence-electron chi connectivity index (χ3n) is 3.45. The van der Waals surface area contributed by atoms with Crippen LogP contribution >= 0.6 is 0 Å². The number of carbonyl (C=O) groups excluding carboxylic acids is 2. The van der Waals surface area contributed by atoms with Crippen LogP contribution < -0.4 is 0 Å². The number of morpholine rings is 1. The van der Waals surface area contributed by atoms with E-state index in [-0.39, 0.29) is 38.4 Å². The first-order valence-electron chi connectivity index (χ1n) is 7.08. The molecule has 8 nitrogen and oxygen atoms in total. The first-order valence-corrected chi connectivity index (χ1v) is 7.08. The van der Waals surface area contributed by atoms with Gasteiger partial charge in [0.05, 0.1) is 19.8 Å². The summed E-state index contributed by atoms with van der Waals surface area (Å²) in [7, 11) is 0. The lowest BCUT2D eigenvalue weighted by atomic mass is 10.3. The first-order chi connectivity index (χ1) is 10.0. The Morgan fingerprint density at radius 2 is 2.10 bits per heavy atom. The molecule has 2 fully saturated rings. The van der Waals surface area contributed by atoms with Gasteiger partial charge in [0.2, 0.25) is 0 Å². The largest absolute Gasteiger partial charge is 0.479 e. The van der Waals surface area contributed by atoms with Crippen LogP contribution in [0.4, 0.5) is 4.79 Å². The van der Waals surface area contributed by atoms with Crippen LogP contribution in [-0.2, 0) is 19.1 Å². The van der Waals surface area contributed by atoms with Crippen molar-refractivity contribution in [1.29, 1.82) is 0 Å². The number of urea groups is 1. The summed E-state index contributed by atoms with van der Waals surface area (Å²) in [5, 5.41) is 8.96. The average Bonchev–Trinajstić information content (AvgIpc) is 3.29. The Balaban J connectivity index is 1.97. The molecule has 21 heavy (non-hydrogen) atoms. The number of amides is 2. The number of nitrogens with zero attached hydrogens (tertiary/aromatic N) is 2. The Morgan fingerprint density at radius 1 is 1.38 bits per heavy atom. The monoisotopic (exact) mass is 300 g/mol. The molecule has 2 aliphatic rings. The minimum atomic E-state index is -1.09. The summed E-state index contributed by atoms with van der Waals surface area (Å²) in [6, 6.07) is -0.270. The summed E-state index contributed by atoms with van der Waals surface area (Å²) < 4.78 is 9.97. The third kappa shape index (κ3) is 4.07. The van der Waals surface area contributed by atoms with E-state index < -0.39 is 18.0 Å². The molecule has 0 radical (unpaired) electrons. The maximum absolute atomic E-state index is 12.5. The van der Waals surface area contributed by atoms with Gasteiger partial charge >= 0.3 is 18.0 Å². The van der Waals surface area contributed by atoms with Crippen molar-refractivity contribution >= 4 is 18.0 Å². The lowest BCUT2D eigenvalue weighted by Crippen LogP contribution is -2.54. The molecule has 8 heteroatoms. The number of hydrogen-bond acceptors (Lipinski definition) is 5. The highest BCUT2D eigenvalue weighted by Gasteiger charge is 2.38. The lowest BCUT2D eigenvalue weighted by molar-refractivity contribution is -0.155. The summed E-state index contributed by atoms with van der Waals surface area (Å²) in [6.45, 7) is 2.40. The Bertz CT molecular complexity index is 423. The van der Waals surface area contributed by atoms with Crippen molar-refractivity contribution in [2.24, 2.45) is 0 Å². The molecule has 1 N–H and O–H groups in total. The number of rotatable bonds is 5. The van der Waals surface area contributed by atoms with Gasteiger partial charge in [0, 0.05) is 12.6 Å². The van der Waals surface area contributed by atoms with E-state index in [2.05, 4.69) is 0 Å². The molecule has 1 unspecified atom stereocenters. The van der Waals surface area contributed by atoms with Crippen molar-refractivity contribution in [2.45, 2.75) is 31.9 Å². The van der Waals surface area contributed by atoms with Gasteiger partial charge in [-0.3, -0.25) is 4.79 Å². The zero-order valence-corrected chi connectivity index (χ0v) is 12.0. The first kappa shape index (κ1) is 15.6. The van der Waals surface area contributed by atoms with Gasteiger partial charge in [-0.15, -0.1) is 0 Å². The fraction of sp³-hybridized carbons (Fsp3) is 0.769. The van der Waals surface area contributed by atoms with E-state index in [0.29, 0.717) is 6.54 Å². The van der Waals surface area contributed by atoms with Gasteiger partial charge in [0.25, 0.3) is 0 Å². The molecule has 1 saturated heterocycles. The van der Waals surface area contributed by atoms with Crippen molar-refractivity contribution in [3.8, 4) is 0 Å². The minimum absolute atomic E-state index is 0.000210. The molecule has 1 atom stereocenters. The zero-order valence-electron chi connectivity index (χ0n) is 12.0. The van der Waals surface area contributed by atoms with E-state index in [1.54, 1.807) is 6.92 Å². The molecule has 0 bridgehead atoms. The van der Waals surface area contributed by atoms with E-state index in [9.17, 15) is 14.4 Å². The quantitative estimate of drug-likeness (QED) is 0.713. The Labute approximate surface area is 122 Å². The number of esters is 1. The molecule has 1 saturated carbocycles. The minimum Gasteiger partial charge on any atom is -0.479 e. The summed E-state index contributed by atoms with van der Waals surface area (Å²) in [4.78, 5) is 37.9. The van der Waals surface area contributed by atoms with Crippen LogP contribution in [0.1, 0.15) is 19.8 Å².